The summed E-state index contributed by atoms with van der Waals surface area (Å²) < 4.78 is 0. The average molecular weight is 320 g/mol. The number of nitrogens with one attached hydrogen (secondary N) is 3. The van der Waals surface area contributed by atoms with Gasteiger partial charge < -0.3 is 16.0 Å². The summed E-state index contributed by atoms with van der Waals surface area (Å²) in [6, 6.07) is 18.6. The molecule has 3 aromatic rings. The number of nitrogens with zero attached hydrogens (tertiary/aromatic N) is 1. The summed E-state index contributed by atoms with van der Waals surface area (Å²) in [6.45, 7) is 5.76. The topological polar surface area (TPSA) is 49.0 Å². The van der Waals surface area contributed by atoms with Crippen molar-refractivity contribution in [3.8, 4) is 0 Å². The summed E-state index contributed by atoms with van der Waals surface area (Å²) in [5, 5.41) is 11.5. The molecule has 0 fully saturated rings. The van der Waals surface area contributed by atoms with Crippen LogP contribution in [-0.4, -0.2) is 31.2 Å². The summed E-state index contributed by atoms with van der Waals surface area (Å²) in [5.74, 6) is 0. The Kier molecular flexibility index (Phi) is 5.64. The molecule has 0 amide bonds. The van der Waals surface area contributed by atoms with Crippen molar-refractivity contribution < 1.29 is 0 Å². The van der Waals surface area contributed by atoms with Crippen molar-refractivity contribution in [1.29, 1.82) is 0 Å². The summed E-state index contributed by atoms with van der Waals surface area (Å²) >= 11 is 0. The Morgan fingerprint density at radius 3 is 2.29 bits per heavy atom. The number of pyridine rings is 1. The highest BCUT2D eigenvalue weighted by molar-refractivity contribution is 5.90. The molecular formula is C20H24N4. The summed E-state index contributed by atoms with van der Waals surface area (Å²) in [4.78, 5) is 4.46. The zero-order valence-electron chi connectivity index (χ0n) is 14.0. The van der Waals surface area contributed by atoms with Gasteiger partial charge in [-0.2, -0.15) is 0 Å². The molecule has 0 unspecified atom stereocenters. The lowest BCUT2D eigenvalue weighted by Crippen LogP contribution is -2.27. The normalized spacial score (nSPS) is 10.7. The minimum Gasteiger partial charge on any atom is -0.384 e. The summed E-state index contributed by atoms with van der Waals surface area (Å²) in [5.41, 5.74) is 4.61. The van der Waals surface area contributed by atoms with Gasteiger partial charge in [0.1, 0.15) is 0 Å². The second kappa shape index (κ2) is 8.31. The zero-order chi connectivity index (χ0) is 16.6. The fourth-order valence-corrected chi connectivity index (χ4v) is 2.71. The predicted molar refractivity (Wildman–Crippen MR) is 103 cm³/mol. The van der Waals surface area contributed by atoms with Gasteiger partial charge in [-0.15, -0.1) is 0 Å². The van der Waals surface area contributed by atoms with Crippen molar-refractivity contribution in [2.24, 2.45) is 0 Å². The van der Waals surface area contributed by atoms with Crippen LogP contribution in [0.25, 0.3) is 10.9 Å². The molecule has 0 saturated carbocycles. The summed E-state index contributed by atoms with van der Waals surface area (Å²) in [7, 11) is 0. The standard InChI is InChI=1S/C20H24N4/c1-16-6-2-3-9-18(16)22-14-12-21-13-15-23-19-10-4-7-17-8-5-11-24-20(17)19/h2-11,21-23H,12-15H2,1H3. The molecule has 1 aromatic heterocycles. The fraction of sp³-hybridized carbons (Fsp3) is 0.250. The number of aromatic nitrogens is 1. The number of benzene rings is 2. The third-order valence-electron chi connectivity index (χ3n) is 4.01. The van der Waals surface area contributed by atoms with Crippen molar-refractivity contribution >= 4 is 22.3 Å². The van der Waals surface area contributed by atoms with E-state index < -0.39 is 0 Å². The van der Waals surface area contributed by atoms with E-state index in [2.05, 4.69) is 76.4 Å². The Hall–Kier alpha value is -2.59. The summed E-state index contributed by atoms with van der Waals surface area (Å²) in [6.07, 6.45) is 1.84. The smallest absolute Gasteiger partial charge is 0.0933 e. The van der Waals surface area contributed by atoms with Crippen molar-refractivity contribution in [2.45, 2.75) is 6.92 Å². The minimum atomic E-state index is 0.875. The van der Waals surface area contributed by atoms with Crippen LogP contribution in [0.2, 0.25) is 0 Å². The maximum absolute atomic E-state index is 4.46. The van der Waals surface area contributed by atoms with E-state index in [0.717, 1.165) is 42.8 Å². The molecule has 4 heteroatoms. The van der Waals surface area contributed by atoms with E-state index in [-0.39, 0.29) is 0 Å². The molecule has 24 heavy (non-hydrogen) atoms. The molecule has 1 heterocycles. The molecule has 0 saturated heterocycles. The molecular weight excluding hydrogens is 296 g/mol. The van der Waals surface area contributed by atoms with Crippen molar-refractivity contribution in [3.05, 3.63) is 66.4 Å². The molecule has 0 radical (unpaired) electrons. The SMILES string of the molecule is Cc1ccccc1NCCNCCNc1cccc2cccnc12. The number of anilines is 2. The predicted octanol–water partition coefficient (Wildman–Crippen LogP) is 3.66. The van der Waals surface area contributed by atoms with Crippen molar-refractivity contribution in [3.63, 3.8) is 0 Å². The number of rotatable bonds is 8. The monoisotopic (exact) mass is 320 g/mol. The van der Waals surface area contributed by atoms with Gasteiger partial charge in [-0.3, -0.25) is 4.98 Å². The van der Waals surface area contributed by atoms with Gasteiger partial charge >= 0.3 is 0 Å². The third kappa shape index (κ3) is 4.24. The molecule has 0 spiro atoms. The Labute approximate surface area is 143 Å². The van der Waals surface area contributed by atoms with Gasteiger partial charge in [0, 0.05) is 43.4 Å². The van der Waals surface area contributed by atoms with Crippen LogP contribution in [0.3, 0.4) is 0 Å². The molecule has 3 N–H and O–H groups in total. The minimum absolute atomic E-state index is 0.875. The highest BCUT2D eigenvalue weighted by Crippen LogP contribution is 2.20. The average Bonchev–Trinajstić information content (AvgIpc) is 2.62. The molecule has 0 aliphatic rings. The number of aryl methyl sites for hydroxylation is 1. The molecule has 4 nitrogen and oxygen atoms in total. The van der Waals surface area contributed by atoms with E-state index in [1.807, 2.05) is 12.3 Å². The maximum Gasteiger partial charge on any atom is 0.0933 e. The molecule has 0 aliphatic heterocycles. The van der Waals surface area contributed by atoms with E-state index in [9.17, 15) is 0 Å². The first-order chi connectivity index (χ1) is 11.8. The van der Waals surface area contributed by atoms with Gasteiger partial charge in [0.15, 0.2) is 0 Å². The van der Waals surface area contributed by atoms with Crippen molar-refractivity contribution in [1.82, 2.24) is 10.3 Å². The van der Waals surface area contributed by atoms with E-state index in [0.29, 0.717) is 0 Å². The van der Waals surface area contributed by atoms with Crippen LogP contribution in [0.4, 0.5) is 11.4 Å². The Bertz CT molecular complexity index is 780. The van der Waals surface area contributed by atoms with Crippen LogP contribution in [-0.2, 0) is 0 Å². The Morgan fingerprint density at radius 1 is 0.750 bits per heavy atom. The quantitative estimate of drug-likeness (QED) is 0.554. The second-order valence-electron chi connectivity index (χ2n) is 5.80. The first kappa shape index (κ1) is 16.3. The Morgan fingerprint density at radius 2 is 1.46 bits per heavy atom. The van der Waals surface area contributed by atoms with Gasteiger partial charge in [0.2, 0.25) is 0 Å². The number of hydrogen-bond donors (Lipinski definition) is 3. The molecule has 2 aromatic carbocycles. The van der Waals surface area contributed by atoms with Crippen LogP contribution in [0.1, 0.15) is 5.56 Å². The van der Waals surface area contributed by atoms with E-state index in [1.54, 1.807) is 0 Å². The number of para-hydroxylation sites is 2. The van der Waals surface area contributed by atoms with Gasteiger partial charge in [-0.05, 0) is 30.7 Å². The Balaban J connectivity index is 1.37. The highest BCUT2D eigenvalue weighted by Gasteiger charge is 2.00. The lowest BCUT2D eigenvalue weighted by Gasteiger charge is -2.11. The van der Waals surface area contributed by atoms with Crippen LogP contribution < -0.4 is 16.0 Å². The van der Waals surface area contributed by atoms with Crippen LogP contribution in [0, 0.1) is 6.92 Å². The first-order valence-corrected chi connectivity index (χ1v) is 8.42. The molecule has 0 atom stereocenters. The van der Waals surface area contributed by atoms with E-state index in [4.69, 9.17) is 0 Å². The van der Waals surface area contributed by atoms with Crippen LogP contribution in [0.15, 0.2) is 60.8 Å². The van der Waals surface area contributed by atoms with E-state index >= 15 is 0 Å². The highest BCUT2D eigenvalue weighted by atomic mass is 15.0. The van der Waals surface area contributed by atoms with Gasteiger partial charge in [-0.1, -0.05) is 36.4 Å². The number of fused-ring (bicyclic) bond motifs is 1. The fourth-order valence-electron chi connectivity index (χ4n) is 2.71. The van der Waals surface area contributed by atoms with Crippen LogP contribution >= 0.6 is 0 Å². The molecule has 0 aliphatic carbocycles. The van der Waals surface area contributed by atoms with E-state index in [1.165, 1.54) is 11.3 Å². The second-order valence-corrected chi connectivity index (χ2v) is 5.80. The first-order valence-electron chi connectivity index (χ1n) is 8.42. The van der Waals surface area contributed by atoms with Gasteiger partial charge in [-0.25, -0.2) is 0 Å². The van der Waals surface area contributed by atoms with Gasteiger partial charge in [0.05, 0.1) is 11.2 Å². The number of hydrogen-bond acceptors (Lipinski definition) is 4. The van der Waals surface area contributed by atoms with Crippen molar-refractivity contribution in [2.75, 3.05) is 36.8 Å². The van der Waals surface area contributed by atoms with Gasteiger partial charge in [0.25, 0.3) is 0 Å². The zero-order valence-corrected chi connectivity index (χ0v) is 14.0. The third-order valence-corrected chi connectivity index (χ3v) is 4.01. The molecule has 0 bridgehead atoms. The maximum atomic E-state index is 4.46. The van der Waals surface area contributed by atoms with Crippen LogP contribution in [0.5, 0.6) is 0 Å². The largest absolute Gasteiger partial charge is 0.384 e. The lowest BCUT2D eigenvalue weighted by molar-refractivity contribution is 0.719. The lowest BCUT2D eigenvalue weighted by atomic mass is 10.2. The molecule has 124 valence electrons. The molecule has 3 rings (SSSR count).